The van der Waals surface area contributed by atoms with E-state index in [1.807, 2.05) is 0 Å². The Morgan fingerprint density at radius 2 is 1.03 bits per heavy atom. The Balaban J connectivity index is 1.29. The van der Waals surface area contributed by atoms with E-state index in [1.165, 1.54) is 141 Å². The van der Waals surface area contributed by atoms with Crippen molar-refractivity contribution in [3.63, 3.8) is 0 Å². The molecule has 11 rings (SSSR count). The Hall–Kier alpha value is -5.06. The third-order valence-corrected chi connectivity index (χ3v) is 17.7. The van der Waals surface area contributed by atoms with Crippen molar-refractivity contribution in [1.82, 2.24) is 0 Å². The van der Waals surface area contributed by atoms with Crippen molar-refractivity contribution in [2.45, 2.75) is 150 Å². The third kappa shape index (κ3) is 6.47. The van der Waals surface area contributed by atoms with E-state index in [2.05, 4.69) is 221 Å². The highest BCUT2D eigenvalue weighted by Gasteiger charge is 2.49. The zero-order valence-electron chi connectivity index (χ0n) is 41.5. The molecule has 0 saturated heterocycles. The van der Waals surface area contributed by atoms with Gasteiger partial charge < -0.3 is 9.80 Å². The van der Waals surface area contributed by atoms with Gasteiger partial charge in [0.15, 0.2) is 0 Å². The van der Waals surface area contributed by atoms with E-state index < -0.39 is 0 Å². The standard InChI is InChI=1S/C61H67BN2S/c1-36-15-18-39(19-16-36)42-24-17-37(2)29-49(42)64-50-34-46-45(59(9,10)26-27-60(46,11)12)33-48(50)62-54-51(30-38(3)31-52(54)64)63(41-22-20-40(21-23-41)57(4,5)6)55-43-32-44-47(35-53(43)65-56(55)62)61(13,14)28-25-58(44,7)8/h15-24,29-35H,25-28H2,1-14H3. The topological polar surface area (TPSA) is 6.48 Å². The molecule has 0 N–H and O–H groups in total. The Labute approximate surface area is 394 Å². The summed E-state index contributed by atoms with van der Waals surface area (Å²) in [4.78, 5) is 5.38. The van der Waals surface area contributed by atoms with E-state index in [9.17, 15) is 0 Å². The van der Waals surface area contributed by atoms with Crippen molar-refractivity contribution in [3.05, 3.63) is 148 Å². The number of aryl methyl sites for hydroxylation is 3. The number of hydrogen-bond donors (Lipinski definition) is 0. The molecule has 3 heterocycles. The largest absolute Gasteiger partial charge is 0.311 e. The van der Waals surface area contributed by atoms with Crippen LogP contribution >= 0.6 is 11.3 Å². The van der Waals surface area contributed by atoms with Gasteiger partial charge in [0.2, 0.25) is 0 Å². The molecule has 4 heteroatoms. The van der Waals surface area contributed by atoms with Crippen molar-refractivity contribution in [3.8, 4) is 11.1 Å². The molecular formula is C61H67BN2S. The zero-order valence-corrected chi connectivity index (χ0v) is 42.3. The lowest BCUT2D eigenvalue weighted by Gasteiger charge is -2.47. The van der Waals surface area contributed by atoms with Gasteiger partial charge in [-0.25, -0.2) is 0 Å². The highest BCUT2D eigenvalue weighted by molar-refractivity contribution is 7.33. The van der Waals surface area contributed by atoms with Crippen molar-refractivity contribution in [1.29, 1.82) is 0 Å². The fourth-order valence-electron chi connectivity index (χ4n) is 12.2. The molecule has 0 radical (unpaired) electrons. The van der Waals surface area contributed by atoms with Crippen LogP contribution in [0.15, 0.2) is 103 Å². The minimum absolute atomic E-state index is 0.0556. The molecule has 0 fully saturated rings. The van der Waals surface area contributed by atoms with Crippen LogP contribution < -0.4 is 25.5 Å². The van der Waals surface area contributed by atoms with E-state index in [1.54, 1.807) is 0 Å². The highest BCUT2D eigenvalue weighted by Crippen LogP contribution is 2.55. The molecule has 2 aliphatic heterocycles. The molecule has 1 aromatic heterocycles. The molecule has 0 saturated carbocycles. The Kier molecular flexibility index (Phi) is 9.16. The van der Waals surface area contributed by atoms with Crippen LogP contribution in [0.5, 0.6) is 0 Å². The number of benzene rings is 6. The average molecular weight is 871 g/mol. The summed E-state index contributed by atoms with van der Waals surface area (Å²) in [6.07, 6.45) is 4.76. The maximum absolute atomic E-state index is 2.70. The van der Waals surface area contributed by atoms with Gasteiger partial charge in [0.1, 0.15) is 0 Å². The van der Waals surface area contributed by atoms with Crippen LogP contribution in [0, 0.1) is 20.8 Å². The van der Waals surface area contributed by atoms with Crippen molar-refractivity contribution < 1.29 is 0 Å². The van der Waals surface area contributed by atoms with Crippen LogP contribution in [-0.2, 0) is 27.1 Å². The van der Waals surface area contributed by atoms with Crippen LogP contribution in [0.4, 0.5) is 34.1 Å². The van der Waals surface area contributed by atoms with Gasteiger partial charge in [0.25, 0.3) is 6.71 Å². The number of hydrogen-bond acceptors (Lipinski definition) is 3. The molecule has 7 aromatic rings. The lowest BCUT2D eigenvalue weighted by Crippen LogP contribution is -2.61. The number of anilines is 6. The predicted molar refractivity (Wildman–Crippen MR) is 285 cm³/mol. The quantitative estimate of drug-likeness (QED) is 0.163. The number of nitrogens with zero attached hydrogens (tertiary/aromatic N) is 2. The van der Waals surface area contributed by atoms with Crippen molar-refractivity contribution in [2.75, 3.05) is 9.80 Å². The third-order valence-electron chi connectivity index (χ3n) is 16.5. The SMILES string of the molecule is Cc1ccc(-c2ccc(C)cc2N2c3cc4c(cc3B3c5sc6cc7c(cc6c5N(c5ccc(C(C)(C)C)cc5)c5cc(C)cc2c53)C(C)(C)CCC7(C)C)C(C)(C)CCC4(C)C)cc1. The molecule has 0 amide bonds. The summed E-state index contributed by atoms with van der Waals surface area (Å²) in [5.41, 5.74) is 24.8. The summed E-state index contributed by atoms with van der Waals surface area (Å²) in [5.74, 6) is 0. The van der Waals surface area contributed by atoms with E-state index in [-0.39, 0.29) is 33.8 Å². The second-order valence-electron chi connectivity index (χ2n) is 24.2. The Morgan fingerprint density at radius 1 is 0.508 bits per heavy atom. The van der Waals surface area contributed by atoms with Gasteiger partial charge in [-0.05, 0) is 177 Å². The van der Waals surface area contributed by atoms with Crippen LogP contribution in [0.2, 0.25) is 0 Å². The van der Waals surface area contributed by atoms with Gasteiger partial charge in [-0.1, -0.05) is 136 Å². The van der Waals surface area contributed by atoms with Crippen LogP contribution in [0.3, 0.4) is 0 Å². The van der Waals surface area contributed by atoms with E-state index >= 15 is 0 Å². The summed E-state index contributed by atoms with van der Waals surface area (Å²) in [5, 5.41) is 1.40. The summed E-state index contributed by atoms with van der Waals surface area (Å²) in [6, 6.07) is 41.5. The first-order chi connectivity index (χ1) is 30.5. The van der Waals surface area contributed by atoms with E-state index in [0.29, 0.717) is 0 Å². The highest BCUT2D eigenvalue weighted by atomic mass is 32.1. The zero-order chi connectivity index (χ0) is 45.9. The van der Waals surface area contributed by atoms with Gasteiger partial charge in [0.05, 0.1) is 11.4 Å². The Bertz CT molecular complexity index is 3110. The average Bonchev–Trinajstić information content (AvgIpc) is 3.61. The molecular weight excluding hydrogens is 804 g/mol. The van der Waals surface area contributed by atoms with Crippen LogP contribution in [-0.4, -0.2) is 6.71 Å². The first-order valence-corrected chi connectivity index (χ1v) is 25.2. The number of fused-ring (bicyclic) bond motifs is 8. The van der Waals surface area contributed by atoms with Gasteiger partial charge in [0, 0.05) is 43.2 Å². The summed E-state index contributed by atoms with van der Waals surface area (Å²) in [6.45, 7) is 33.7. The summed E-state index contributed by atoms with van der Waals surface area (Å²) < 4.78 is 2.87. The first kappa shape index (κ1) is 42.6. The van der Waals surface area contributed by atoms with Gasteiger partial charge in [-0.3, -0.25) is 0 Å². The molecule has 2 nitrogen and oxygen atoms in total. The van der Waals surface area contributed by atoms with Crippen LogP contribution in [0.1, 0.15) is 146 Å². The molecule has 0 atom stereocenters. The van der Waals surface area contributed by atoms with E-state index in [4.69, 9.17) is 0 Å². The van der Waals surface area contributed by atoms with Gasteiger partial charge in [-0.15, -0.1) is 11.3 Å². The Morgan fingerprint density at radius 3 is 1.63 bits per heavy atom. The van der Waals surface area contributed by atoms with E-state index in [0.717, 1.165) is 0 Å². The van der Waals surface area contributed by atoms with Gasteiger partial charge >= 0.3 is 0 Å². The first-order valence-electron chi connectivity index (χ1n) is 24.4. The number of rotatable bonds is 3. The minimum atomic E-state index is 0.0556. The monoisotopic (exact) mass is 871 g/mol. The fraction of sp³-hybridized carbons (Fsp3) is 0.377. The van der Waals surface area contributed by atoms with Crippen molar-refractivity contribution in [2.24, 2.45) is 0 Å². The second-order valence-corrected chi connectivity index (χ2v) is 25.3. The predicted octanol–water partition coefficient (Wildman–Crippen LogP) is 15.6. The van der Waals surface area contributed by atoms with Crippen molar-refractivity contribution >= 4 is 78.0 Å². The summed E-state index contributed by atoms with van der Waals surface area (Å²) >= 11 is 2.06. The lowest BCUT2D eigenvalue weighted by atomic mass is 9.35. The smallest absolute Gasteiger partial charge is 0.264 e. The normalized spacial score (nSPS) is 18.5. The van der Waals surface area contributed by atoms with Crippen LogP contribution in [0.25, 0.3) is 21.2 Å². The maximum Gasteiger partial charge on any atom is 0.264 e. The molecule has 0 bridgehead atoms. The molecule has 6 aromatic carbocycles. The molecule has 4 aliphatic rings. The molecule has 0 unspecified atom stereocenters. The maximum atomic E-state index is 2.70. The van der Waals surface area contributed by atoms with Gasteiger partial charge in [-0.2, -0.15) is 0 Å². The minimum Gasteiger partial charge on any atom is -0.311 e. The molecule has 0 spiro atoms. The molecule has 330 valence electrons. The number of thiophene rings is 1. The fourth-order valence-corrected chi connectivity index (χ4v) is 13.5. The second kappa shape index (κ2) is 14.0. The summed E-state index contributed by atoms with van der Waals surface area (Å²) in [7, 11) is 0. The molecule has 65 heavy (non-hydrogen) atoms. The molecule has 2 aliphatic carbocycles. The lowest BCUT2D eigenvalue weighted by molar-refractivity contribution is 0.332.